The van der Waals surface area contributed by atoms with Crippen molar-refractivity contribution in [1.29, 1.82) is 0 Å². The summed E-state index contributed by atoms with van der Waals surface area (Å²) in [5.41, 5.74) is 2.53. The van der Waals surface area contributed by atoms with Gasteiger partial charge in [0.25, 0.3) is 0 Å². The van der Waals surface area contributed by atoms with Crippen LogP contribution >= 0.6 is 11.6 Å². The number of carbonyl (C=O) groups excluding carboxylic acids is 2. The van der Waals surface area contributed by atoms with Crippen LogP contribution in [-0.2, 0) is 9.59 Å². The molecule has 0 bridgehead atoms. The van der Waals surface area contributed by atoms with Gasteiger partial charge in [-0.15, -0.1) is 0 Å². The minimum atomic E-state index is -0.648. The number of benzene rings is 3. The van der Waals surface area contributed by atoms with Crippen molar-refractivity contribution in [1.82, 2.24) is 10.6 Å². The lowest BCUT2D eigenvalue weighted by Crippen LogP contribution is -2.37. The van der Waals surface area contributed by atoms with Crippen molar-refractivity contribution in [2.45, 2.75) is 37.3 Å². The van der Waals surface area contributed by atoms with Gasteiger partial charge in [-0.1, -0.05) is 66.2 Å². The minimum absolute atomic E-state index is 0.0107. The molecule has 6 nitrogen and oxygen atoms in total. The van der Waals surface area contributed by atoms with Gasteiger partial charge in [0.1, 0.15) is 11.5 Å². The first-order chi connectivity index (χ1) is 18.0. The van der Waals surface area contributed by atoms with Crippen molar-refractivity contribution >= 4 is 23.4 Å². The molecule has 3 aromatic rings. The quantitative estimate of drug-likeness (QED) is 0.412. The van der Waals surface area contributed by atoms with Gasteiger partial charge in [0, 0.05) is 23.1 Å². The molecule has 0 unspecified atom stereocenters. The lowest BCUT2D eigenvalue weighted by Gasteiger charge is -2.26. The molecule has 2 N–H and O–H groups in total. The lowest BCUT2D eigenvalue weighted by molar-refractivity contribution is -0.128. The summed E-state index contributed by atoms with van der Waals surface area (Å²) in [6, 6.07) is 21.8. The molecule has 0 aliphatic carbocycles. The fourth-order valence-electron chi connectivity index (χ4n) is 4.59. The molecule has 1 heterocycles. The first-order valence-electron chi connectivity index (χ1n) is 12.3. The molecule has 0 saturated carbocycles. The number of carbonyl (C=O) groups is 2. The van der Waals surface area contributed by atoms with E-state index >= 15 is 0 Å². The Morgan fingerprint density at radius 3 is 2.22 bits per heavy atom. The monoisotopic (exact) mass is 518 g/mol. The molecule has 0 saturated heterocycles. The first-order valence-corrected chi connectivity index (χ1v) is 12.6. The number of nitrogens with one attached hydrogen (secondary N) is 2. The Kier molecular flexibility index (Phi) is 8.86. The van der Waals surface area contributed by atoms with Crippen LogP contribution < -0.4 is 20.1 Å². The summed E-state index contributed by atoms with van der Waals surface area (Å²) in [6.45, 7) is 0. The van der Waals surface area contributed by atoms with Gasteiger partial charge in [-0.05, 0) is 48.2 Å². The number of amides is 2. The second-order valence-corrected chi connectivity index (χ2v) is 9.39. The maximum Gasteiger partial charge on any atom is 0.228 e. The van der Waals surface area contributed by atoms with Crippen LogP contribution in [0, 0.1) is 0 Å². The molecule has 192 valence electrons. The fraction of sp³-hybridized carbons (Fsp3) is 0.267. The highest BCUT2D eigenvalue weighted by atomic mass is 35.5. The normalized spacial score (nSPS) is 21.5. The lowest BCUT2D eigenvalue weighted by atomic mass is 9.92. The second-order valence-electron chi connectivity index (χ2n) is 8.95. The summed E-state index contributed by atoms with van der Waals surface area (Å²) >= 11 is 6.26. The van der Waals surface area contributed by atoms with E-state index in [1.54, 1.807) is 20.3 Å². The summed E-state index contributed by atoms with van der Waals surface area (Å²) in [6.07, 6.45) is 5.19. The van der Waals surface area contributed by atoms with Crippen molar-refractivity contribution in [2.24, 2.45) is 0 Å². The van der Waals surface area contributed by atoms with E-state index in [-0.39, 0.29) is 30.3 Å². The SMILES string of the molecule is COc1ccc([C@@H]2C/C=C\C[C@@H](c3cccc(Cl)c3)NC(=O)[C@@H](c3ccccc3)CC(=O)N2)c(OC)c1. The van der Waals surface area contributed by atoms with Crippen molar-refractivity contribution in [3.8, 4) is 11.5 Å². The summed E-state index contributed by atoms with van der Waals surface area (Å²) in [4.78, 5) is 26.9. The molecule has 7 heteroatoms. The van der Waals surface area contributed by atoms with E-state index in [1.807, 2.05) is 78.9 Å². The van der Waals surface area contributed by atoms with E-state index in [4.69, 9.17) is 21.1 Å². The predicted molar refractivity (Wildman–Crippen MR) is 145 cm³/mol. The van der Waals surface area contributed by atoms with Crippen LogP contribution in [0.2, 0.25) is 5.02 Å². The van der Waals surface area contributed by atoms with Gasteiger partial charge in [0.15, 0.2) is 0 Å². The topological polar surface area (TPSA) is 76.7 Å². The highest BCUT2D eigenvalue weighted by molar-refractivity contribution is 6.30. The zero-order valence-corrected chi connectivity index (χ0v) is 21.7. The van der Waals surface area contributed by atoms with Crippen LogP contribution in [0.25, 0.3) is 0 Å². The van der Waals surface area contributed by atoms with Crippen LogP contribution in [0.5, 0.6) is 11.5 Å². The summed E-state index contributed by atoms with van der Waals surface area (Å²) in [5, 5.41) is 6.89. The van der Waals surface area contributed by atoms with Gasteiger partial charge in [0.05, 0.1) is 32.2 Å². The van der Waals surface area contributed by atoms with Gasteiger partial charge in [-0.25, -0.2) is 0 Å². The van der Waals surface area contributed by atoms with Crippen molar-refractivity contribution in [2.75, 3.05) is 14.2 Å². The first kappa shape index (κ1) is 26.3. The molecule has 0 aromatic heterocycles. The van der Waals surface area contributed by atoms with Gasteiger partial charge in [-0.3, -0.25) is 9.59 Å². The maximum absolute atomic E-state index is 13.6. The molecular formula is C30H31ClN2O4. The molecule has 1 aliphatic rings. The van der Waals surface area contributed by atoms with E-state index < -0.39 is 5.92 Å². The van der Waals surface area contributed by atoms with Gasteiger partial charge >= 0.3 is 0 Å². The second kappa shape index (κ2) is 12.5. The number of rotatable bonds is 5. The van der Waals surface area contributed by atoms with Crippen LogP contribution in [0.3, 0.4) is 0 Å². The third-order valence-electron chi connectivity index (χ3n) is 6.54. The predicted octanol–water partition coefficient (Wildman–Crippen LogP) is 5.90. The molecule has 1 aliphatic heterocycles. The van der Waals surface area contributed by atoms with Crippen molar-refractivity contribution in [3.63, 3.8) is 0 Å². The molecule has 3 atom stereocenters. The zero-order chi connectivity index (χ0) is 26.2. The largest absolute Gasteiger partial charge is 0.497 e. The molecular weight excluding hydrogens is 488 g/mol. The molecule has 3 aromatic carbocycles. The number of hydrogen-bond donors (Lipinski definition) is 2. The number of methoxy groups -OCH3 is 2. The summed E-state index contributed by atoms with van der Waals surface area (Å²) in [5.74, 6) is 0.212. The average Bonchev–Trinajstić information content (AvgIpc) is 2.92. The Hall–Kier alpha value is -3.77. The van der Waals surface area contributed by atoms with Crippen LogP contribution in [0.1, 0.15) is 54.0 Å². The summed E-state index contributed by atoms with van der Waals surface area (Å²) < 4.78 is 10.9. The number of hydrogen-bond acceptors (Lipinski definition) is 4. The highest BCUT2D eigenvalue weighted by Gasteiger charge is 2.28. The average molecular weight is 519 g/mol. The fourth-order valence-corrected chi connectivity index (χ4v) is 4.79. The Morgan fingerprint density at radius 1 is 0.784 bits per heavy atom. The standard InChI is InChI=1S/C30H31ClN2O4/c1-36-23-15-16-24(28(18-23)37-2)27-14-7-6-13-26(21-11-8-12-22(31)17-21)33-30(35)25(19-29(34)32-27)20-9-4-3-5-10-20/h3-12,15-18,25-27H,13-14,19H2,1-2H3,(H,32,34)(H,33,35)/b7-6-/t25-,26+,27+/m1/s1. The Bertz CT molecular complexity index is 1260. The Morgan fingerprint density at radius 2 is 1.51 bits per heavy atom. The van der Waals surface area contributed by atoms with Crippen molar-refractivity contribution in [3.05, 3.63) is 107 Å². The molecule has 2 amide bonds. The van der Waals surface area contributed by atoms with Crippen LogP contribution in [-0.4, -0.2) is 26.0 Å². The summed E-state index contributed by atoms with van der Waals surface area (Å²) in [7, 11) is 3.19. The van der Waals surface area contributed by atoms with E-state index in [9.17, 15) is 9.59 Å². The maximum atomic E-state index is 13.6. The van der Waals surface area contributed by atoms with E-state index in [2.05, 4.69) is 10.6 Å². The Balaban J connectivity index is 1.71. The third kappa shape index (κ3) is 6.71. The third-order valence-corrected chi connectivity index (χ3v) is 6.77. The minimum Gasteiger partial charge on any atom is -0.497 e. The molecule has 0 spiro atoms. The number of halogens is 1. The molecule has 4 rings (SSSR count). The zero-order valence-electron chi connectivity index (χ0n) is 20.9. The molecule has 0 fully saturated rings. The molecule has 37 heavy (non-hydrogen) atoms. The van der Waals surface area contributed by atoms with Gasteiger partial charge in [0.2, 0.25) is 11.8 Å². The molecule has 0 radical (unpaired) electrons. The van der Waals surface area contributed by atoms with E-state index in [0.29, 0.717) is 29.4 Å². The number of ether oxygens (including phenoxy) is 2. The smallest absolute Gasteiger partial charge is 0.228 e. The van der Waals surface area contributed by atoms with Gasteiger partial charge in [-0.2, -0.15) is 0 Å². The van der Waals surface area contributed by atoms with Crippen LogP contribution in [0.15, 0.2) is 84.9 Å². The highest BCUT2D eigenvalue weighted by Crippen LogP contribution is 2.33. The van der Waals surface area contributed by atoms with Crippen LogP contribution in [0.4, 0.5) is 0 Å². The van der Waals surface area contributed by atoms with E-state index in [1.165, 1.54) is 0 Å². The Labute approximate surface area is 222 Å². The van der Waals surface area contributed by atoms with Crippen molar-refractivity contribution < 1.29 is 19.1 Å². The van der Waals surface area contributed by atoms with E-state index in [0.717, 1.165) is 16.7 Å². The van der Waals surface area contributed by atoms with Gasteiger partial charge < -0.3 is 20.1 Å².